The van der Waals surface area contributed by atoms with Crippen molar-refractivity contribution in [1.82, 2.24) is 4.90 Å². The third-order valence-corrected chi connectivity index (χ3v) is 6.66. The second-order valence-electron chi connectivity index (χ2n) is 9.78. The first-order valence-electron chi connectivity index (χ1n) is 11.0. The molecular formula is C23H35N3O3S. The Morgan fingerprint density at radius 1 is 1.23 bits per heavy atom. The van der Waals surface area contributed by atoms with E-state index in [1.54, 1.807) is 17.8 Å². The van der Waals surface area contributed by atoms with Gasteiger partial charge in [-0.25, -0.2) is 4.99 Å². The largest absolute Gasteiger partial charge is 0.371 e. The summed E-state index contributed by atoms with van der Waals surface area (Å²) in [7, 11) is 0. The van der Waals surface area contributed by atoms with Gasteiger partial charge in [0, 0.05) is 23.9 Å². The van der Waals surface area contributed by atoms with Crippen LogP contribution in [0.4, 0.5) is 11.4 Å². The number of nitro benzene ring substituents is 1. The molecule has 2 atom stereocenters. The van der Waals surface area contributed by atoms with Crippen molar-refractivity contribution in [3.63, 3.8) is 0 Å². The average Bonchev–Trinajstić information content (AvgIpc) is 3.02. The molecule has 7 heteroatoms. The van der Waals surface area contributed by atoms with Crippen LogP contribution in [0.3, 0.4) is 0 Å². The number of fused-ring (bicyclic) bond motifs is 1. The minimum absolute atomic E-state index is 0.0923. The van der Waals surface area contributed by atoms with E-state index in [2.05, 4.69) is 46.4 Å². The molecule has 166 valence electrons. The maximum Gasteiger partial charge on any atom is 0.273 e. The molecule has 0 amide bonds. The normalized spacial score (nSPS) is 21.9. The van der Waals surface area contributed by atoms with Gasteiger partial charge < -0.3 is 9.64 Å². The molecule has 1 heterocycles. The van der Waals surface area contributed by atoms with Crippen molar-refractivity contribution in [3.8, 4) is 0 Å². The first-order chi connectivity index (χ1) is 14.1. The van der Waals surface area contributed by atoms with Gasteiger partial charge in [0.1, 0.15) is 0 Å². The van der Waals surface area contributed by atoms with Crippen LogP contribution in [0.15, 0.2) is 17.1 Å². The molecule has 1 saturated heterocycles. The average molecular weight is 434 g/mol. The Morgan fingerprint density at radius 3 is 2.50 bits per heavy atom. The summed E-state index contributed by atoms with van der Waals surface area (Å²) in [6.07, 6.45) is 3.80. The van der Waals surface area contributed by atoms with Crippen molar-refractivity contribution in [2.75, 3.05) is 12.3 Å². The fourth-order valence-electron chi connectivity index (χ4n) is 4.41. The Morgan fingerprint density at radius 2 is 1.90 bits per heavy atom. The monoisotopic (exact) mass is 433 g/mol. The first-order valence-corrected chi connectivity index (χ1v) is 12.0. The summed E-state index contributed by atoms with van der Waals surface area (Å²) in [5.74, 6) is 1.45. The van der Waals surface area contributed by atoms with Crippen LogP contribution in [-0.2, 0) is 17.6 Å². The van der Waals surface area contributed by atoms with Gasteiger partial charge in [-0.2, -0.15) is 0 Å². The van der Waals surface area contributed by atoms with Crippen molar-refractivity contribution in [2.45, 2.75) is 85.0 Å². The lowest BCUT2D eigenvalue weighted by molar-refractivity contribution is -0.385. The quantitative estimate of drug-likeness (QED) is 0.423. The van der Waals surface area contributed by atoms with E-state index in [4.69, 9.17) is 9.73 Å². The molecular weight excluding hydrogens is 398 g/mol. The van der Waals surface area contributed by atoms with Crippen LogP contribution >= 0.6 is 11.8 Å². The Labute approximate surface area is 184 Å². The van der Waals surface area contributed by atoms with E-state index < -0.39 is 0 Å². The zero-order chi connectivity index (χ0) is 22.1. The maximum atomic E-state index is 11.5. The molecule has 0 spiro atoms. The maximum absolute atomic E-state index is 11.5. The molecule has 0 bridgehead atoms. The van der Waals surface area contributed by atoms with Crippen molar-refractivity contribution in [2.24, 2.45) is 10.9 Å². The fourth-order valence-corrected chi connectivity index (χ4v) is 5.72. The van der Waals surface area contributed by atoms with E-state index in [0.29, 0.717) is 5.92 Å². The zero-order valence-corrected chi connectivity index (χ0v) is 19.9. The molecule has 0 unspecified atom stereocenters. The highest BCUT2D eigenvalue weighted by Crippen LogP contribution is 2.38. The predicted molar refractivity (Wildman–Crippen MR) is 125 cm³/mol. The smallest absolute Gasteiger partial charge is 0.273 e. The van der Waals surface area contributed by atoms with Gasteiger partial charge in [0.05, 0.1) is 28.4 Å². The molecule has 30 heavy (non-hydrogen) atoms. The molecule has 0 saturated carbocycles. The summed E-state index contributed by atoms with van der Waals surface area (Å²) < 4.78 is 6.28. The van der Waals surface area contributed by atoms with Crippen molar-refractivity contribution >= 4 is 28.3 Å². The van der Waals surface area contributed by atoms with Gasteiger partial charge in [-0.1, -0.05) is 25.6 Å². The molecule has 2 aliphatic rings. The van der Waals surface area contributed by atoms with E-state index in [1.807, 2.05) is 6.07 Å². The SMILES string of the molecule is CC(C)CN1C(=Nc2ccc([N+](=O)[O-])c3c2CCCC3)SC[C@@H]1[C@@H](C)OC(C)(C)C. The summed E-state index contributed by atoms with van der Waals surface area (Å²) in [6, 6.07) is 3.74. The second kappa shape index (κ2) is 9.27. The Bertz CT molecular complexity index is 817. The minimum Gasteiger partial charge on any atom is -0.371 e. The highest BCUT2D eigenvalue weighted by Gasteiger charge is 2.36. The number of thioether (sulfide) groups is 1. The number of ether oxygens (including phenoxy) is 1. The number of hydrogen-bond donors (Lipinski definition) is 0. The molecule has 0 N–H and O–H groups in total. The van der Waals surface area contributed by atoms with Gasteiger partial charge in [-0.15, -0.1) is 0 Å². The number of nitro groups is 1. The Hall–Kier alpha value is -1.60. The lowest BCUT2D eigenvalue weighted by atomic mass is 9.89. The molecule has 1 aliphatic carbocycles. The first kappa shape index (κ1) is 23.1. The van der Waals surface area contributed by atoms with Gasteiger partial charge in [-0.3, -0.25) is 10.1 Å². The van der Waals surface area contributed by atoms with Gasteiger partial charge in [0.15, 0.2) is 5.17 Å². The highest BCUT2D eigenvalue weighted by molar-refractivity contribution is 8.14. The van der Waals surface area contributed by atoms with Crippen molar-refractivity contribution < 1.29 is 9.66 Å². The van der Waals surface area contributed by atoms with E-state index in [9.17, 15) is 10.1 Å². The van der Waals surface area contributed by atoms with Crippen LogP contribution in [-0.4, -0.2) is 45.0 Å². The predicted octanol–water partition coefficient (Wildman–Crippen LogP) is 5.74. The summed E-state index contributed by atoms with van der Waals surface area (Å²) in [5, 5.41) is 12.5. The topological polar surface area (TPSA) is 68.0 Å². The van der Waals surface area contributed by atoms with Crippen molar-refractivity contribution in [3.05, 3.63) is 33.4 Å². The molecule has 1 aromatic carbocycles. The standard InChI is InChI=1S/C23H35N3O3S/c1-15(2)13-25-21(16(3)29-23(4,5)6)14-30-22(25)24-19-11-12-20(26(27)28)18-10-8-7-9-17(18)19/h11-12,15-16,21H,7-10,13-14H2,1-6H3/t16-,21-/m1/s1. The van der Waals surface area contributed by atoms with E-state index in [0.717, 1.165) is 60.0 Å². The van der Waals surface area contributed by atoms with Crippen LogP contribution in [0.25, 0.3) is 0 Å². The van der Waals surface area contributed by atoms with Gasteiger partial charge in [-0.05, 0) is 70.9 Å². The van der Waals surface area contributed by atoms with Crippen LogP contribution < -0.4 is 0 Å². The molecule has 1 aromatic rings. The Balaban J connectivity index is 1.95. The number of amidine groups is 1. The minimum atomic E-state index is -0.252. The number of rotatable bonds is 6. The molecule has 1 fully saturated rings. The summed E-state index contributed by atoms with van der Waals surface area (Å²) in [5.41, 5.74) is 2.90. The molecule has 1 aliphatic heterocycles. The summed E-state index contributed by atoms with van der Waals surface area (Å²) in [4.78, 5) is 18.7. The highest BCUT2D eigenvalue weighted by atomic mass is 32.2. The molecule has 0 radical (unpaired) electrons. The number of hydrogen-bond acceptors (Lipinski definition) is 5. The van der Waals surface area contributed by atoms with Crippen LogP contribution in [0.1, 0.15) is 65.5 Å². The molecule has 3 rings (SSSR count). The number of aliphatic imine (C=N–C) groups is 1. The van der Waals surface area contributed by atoms with E-state index in [1.165, 1.54) is 0 Å². The molecule has 6 nitrogen and oxygen atoms in total. The van der Waals surface area contributed by atoms with Crippen LogP contribution in [0, 0.1) is 16.0 Å². The number of nitrogens with zero attached hydrogens (tertiary/aromatic N) is 3. The fraction of sp³-hybridized carbons (Fsp3) is 0.696. The number of benzene rings is 1. The van der Waals surface area contributed by atoms with E-state index in [-0.39, 0.29) is 28.4 Å². The zero-order valence-electron chi connectivity index (χ0n) is 19.1. The second-order valence-corrected chi connectivity index (χ2v) is 10.8. The molecule has 0 aromatic heterocycles. The third kappa shape index (κ3) is 5.35. The summed E-state index contributed by atoms with van der Waals surface area (Å²) >= 11 is 1.77. The lowest BCUT2D eigenvalue weighted by Gasteiger charge is -2.35. The third-order valence-electron chi connectivity index (χ3n) is 5.57. The van der Waals surface area contributed by atoms with Gasteiger partial charge in [0.25, 0.3) is 5.69 Å². The van der Waals surface area contributed by atoms with Gasteiger partial charge in [0.2, 0.25) is 0 Å². The van der Waals surface area contributed by atoms with Crippen LogP contribution in [0.2, 0.25) is 0 Å². The van der Waals surface area contributed by atoms with Crippen molar-refractivity contribution in [1.29, 1.82) is 0 Å². The van der Waals surface area contributed by atoms with Crippen LogP contribution in [0.5, 0.6) is 0 Å². The Kier molecular flexibility index (Phi) is 7.13. The summed E-state index contributed by atoms with van der Waals surface area (Å²) in [6.45, 7) is 13.8. The van der Waals surface area contributed by atoms with E-state index >= 15 is 0 Å². The van der Waals surface area contributed by atoms with Gasteiger partial charge >= 0.3 is 0 Å². The lowest BCUT2D eigenvalue weighted by Crippen LogP contribution is -2.46.